The molecule has 1 saturated carbocycles. The maximum absolute atomic E-state index is 13.4. The first-order chi connectivity index (χ1) is 12.5. The first kappa shape index (κ1) is 15.9. The van der Waals surface area contributed by atoms with Crippen LogP contribution >= 0.6 is 0 Å². The van der Waals surface area contributed by atoms with Gasteiger partial charge in [0, 0.05) is 42.1 Å². The van der Waals surface area contributed by atoms with Crippen LogP contribution in [0.1, 0.15) is 43.4 Å². The number of carbonyl (C=O) groups excluding carboxylic acids is 1. The smallest absolute Gasteiger partial charge is 0.395 e. The second-order valence-electron chi connectivity index (χ2n) is 7.41. The van der Waals surface area contributed by atoms with Gasteiger partial charge in [0.2, 0.25) is 5.91 Å². The van der Waals surface area contributed by atoms with Crippen molar-refractivity contribution in [2.75, 3.05) is 6.54 Å². The van der Waals surface area contributed by atoms with Crippen LogP contribution in [0.15, 0.2) is 12.1 Å². The zero-order valence-electron chi connectivity index (χ0n) is 14.3. The maximum atomic E-state index is 13.4. The third-order valence-corrected chi connectivity index (χ3v) is 5.78. The summed E-state index contributed by atoms with van der Waals surface area (Å²) in [5.74, 6) is 0.454. The Morgan fingerprint density at radius 1 is 1.19 bits per heavy atom. The zero-order valence-corrected chi connectivity index (χ0v) is 14.3. The highest BCUT2D eigenvalue weighted by Gasteiger charge is 2.45. The van der Waals surface area contributed by atoms with Crippen LogP contribution in [0.5, 0.6) is 11.5 Å². The summed E-state index contributed by atoms with van der Waals surface area (Å²) in [5, 5.41) is 0.821. The standard InChI is InChI=1S/C19H20F2N2O3/c20-19(21)25-15-7-6-12-13-10-23(18(24)11-4-2-1-3-5-11)9-8-14(13)22-16(12)17(15)26-19/h6-7,11,22H,1-5,8-10H2. The predicted molar refractivity (Wildman–Crippen MR) is 90.2 cm³/mol. The molecule has 1 N–H and O–H groups in total. The monoisotopic (exact) mass is 362 g/mol. The molecule has 5 nitrogen and oxygen atoms in total. The Bertz CT molecular complexity index is 887. The Balaban J connectivity index is 1.46. The number of fused-ring (bicyclic) bond motifs is 5. The fourth-order valence-corrected chi connectivity index (χ4v) is 4.48. The molecule has 0 unspecified atom stereocenters. The number of ether oxygens (including phenoxy) is 2. The Morgan fingerprint density at radius 2 is 2.00 bits per heavy atom. The van der Waals surface area contributed by atoms with Gasteiger partial charge in [-0.1, -0.05) is 19.3 Å². The molecule has 138 valence electrons. The van der Waals surface area contributed by atoms with Crippen LogP contribution in [0.2, 0.25) is 0 Å². The number of benzene rings is 1. The Labute approximate surface area is 149 Å². The molecule has 0 spiro atoms. The highest BCUT2D eigenvalue weighted by atomic mass is 19.3. The Morgan fingerprint density at radius 3 is 2.81 bits per heavy atom. The van der Waals surface area contributed by atoms with Crippen molar-refractivity contribution in [3.8, 4) is 11.5 Å². The van der Waals surface area contributed by atoms with Gasteiger partial charge in [0.15, 0.2) is 11.5 Å². The molecule has 0 bridgehead atoms. The molecular formula is C19H20F2N2O3. The van der Waals surface area contributed by atoms with E-state index >= 15 is 0 Å². The fraction of sp³-hybridized carbons (Fsp3) is 0.526. The second kappa shape index (κ2) is 5.59. The lowest BCUT2D eigenvalue weighted by molar-refractivity contribution is -0.286. The van der Waals surface area contributed by atoms with Gasteiger partial charge in [-0.05, 0) is 25.0 Å². The Kier molecular flexibility index (Phi) is 3.42. The van der Waals surface area contributed by atoms with Crippen LogP contribution in [0.3, 0.4) is 0 Å². The van der Waals surface area contributed by atoms with Gasteiger partial charge in [-0.3, -0.25) is 4.79 Å². The minimum Gasteiger partial charge on any atom is -0.395 e. The van der Waals surface area contributed by atoms with Crippen LogP contribution in [0.25, 0.3) is 10.9 Å². The van der Waals surface area contributed by atoms with Crippen molar-refractivity contribution >= 4 is 16.8 Å². The summed E-state index contributed by atoms with van der Waals surface area (Å²) in [6.45, 7) is 1.17. The number of H-pyrrole nitrogens is 1. The topological polar surface area (TPSA) is 54.6 Å². The van der Waals surface area contributed by atoms with Crippen molar-refractivity contribution in [1.29, 1.82) is 0 Å². The number of halogens is 2. The molecule has 1 aliphatic carbocycles. The summed E-state index contributed by atoms with van der Waals surface area (Å²) in [4.78, 5) is 18.0. The van der Waals surface area contributed by atoms with Gasteiger partial charge in [0.25, 0.3) is 0 Å². The molecule has 1 fully saturated rings. The summed E-state index contributed by atoms with van der Waals surface area (Å²) in [5.41, 5.74) is 2.51. The minimum atomic E-state index is -3.63. The van der Waals surface area contributed by atoms with E-state index in [0.29, 0.717) is 25.0 Å². The number of nitrogens with zero attached hydrogens (tertiary/aromatic N) is 1. The van der Waals surface area contributed by atoms with Gasteiger partial charge in [-0.15, -0.1) is 8.78 Å². The zero-order chi connectivity index (χ0) is 17.9. The van der Waals surface area contributed by atoms with E-state index in [-0.39, 0.29) is 23.3 Å². The molecule has 3 heterocycles. The average molecular weight is 362 g/mol. The fourth-order valence-electron chi connectivity index (χ4n) is 4.48. The normalized spacial score (nSPS) is 21.8. The number of nitrogens with one attached hydrogen (secondary N) is 1. The number of hydrogen-bond acceptors (Lipinski definition) is 3. The molecule has 0 saturated heterocycles. The molecule has 1 aromatic carbocycles. The molecular weight excluding hydrogens is 342 g/mol. The van der Waals surface area contributed by atoms with Crippen molar-refractivity contribution < 1.29 is 23.0 Å². The summed E-state index contributed by atoms with van der Waals surface area (Å²) in [7, 11) is 0. The lowest BCUT2D eigenvalue weighted by Crippen LogP contribution is -2.40. The van der Waals surface area contributed by atoms with E-state index in [2.05, 4.69) is 14.5 Å². The van der Waals surface area contributed by atoms with Crippen molar-refractivity contribution in [2.24, 2.45) is 5.92 Å². The molecule has 1 aromatic heterocycles. The quantitative estimate of drug-likeness (QED) is 0.836. The van der Waals surface area contributed by atoms with Crippen LogP contribution in [0, 0.1) is 5.92 Å². The van der Waals surface area contributed by atoms with Gasteiger partial charge in [-0.2, -0.15) is 0 Å². The van der Waals surface area contributed by atoms with Gasteiger partial charge in [-0.25, -0.2) is 0 Å². The van der Waals surface area contributed by atoms with Crippen molar-refractivity contribution in [1.82, 2.24) is 9.88 Å². The van der Waals surface area contributed by atoms with Gasteiger partial charge in [0.05, 0.1) is 5.52 Å². The van der Waals surface area contributed by atoms with Gasteiger partial charge < -0.3 is 19.4 Å². The number of rotatable bonds is 1. The second-order valence-corrected chi connectivity index (χ2v) is 7.41. The van der Waals surface area contributed by atoms with Crippen molar-refractivity contribution in [3.05, 3.63) is 23.4 Å². The van der Waals surface area contributed by atoms with Gasteiger partial charge >= 0.3 is 6.29 Å². The highest BCUT2D eigenvalue weighted by Crippen LogP contribution is 2.47. The maximum Gasteiger partial charge on any atom is 0.586 e. The number of alkyl halides is 2. The number of aromatic amines is 1. The number of aromatic nitrogens is 1. The Hall–Kier alpha value is -2.31. The molecule has 1 amide bonds. The van der Waals surface area contributed by atoms with Crippen molar-refractivity contribution in [2.45, 2.75) is 51.4 Å². The molecule has 2 aliphatic heterocycles. The molecule has 7 heteroatoms. The molecule has 5 rings (SSSR count). The number of carbonyl (C=O) groups is 1. The summed E-state index contributed by atoms with van der Waals surface area (Å²) in [6.07, 6.45) is 2.47. The van der Waals surface area contributed by atoms with Crippen LogP contribution in [0.4, 0.5) is 8.78 Å². The van der Waals surface area contributed by atoms with Crippen LogP contribution in [-0.4, -0.2) is 28.6 Å². The molecule has 0 radical (unpaired) electrons. The number of amides is 1. The summed E-state index contributed by atoms with van der Waals surface area (Å²) in [6, 6.07) is 3.28. The molecule has 3 aliphatic rings. The van der Waals surface area contributed by atoms with E-state index < -0.39 is 6.29 Å². The summed E-state index contributed by atoms with van der Waals surface area (Å²) < 4.78 is 36.0. The van der Waals surface area contributed by atoms with Gasteiger partial charge in [0.1, 0.15) is 0 Å². The van der Waals surface area contributed by atoms with E-state index in [1.165, 1.54) is 12.5 Å². The molecule has 26 heavy (non-hydrogen) atoms. The van der Waals surface area contributed by atoms with Crippen molar-refractivity contribution in [3.63, 3.8) is 0 Å². The third kappa shape index (κ3) is 2.44. The third-order valence-electron chi connectivity index (χ3n) is 5.78. The first-order valence-corrected chi connectivity index (χ1v) is 9.23. The van der Waals surface area contributed by atoms with E-state index in [9.17, 15) is 13.6 Å². The minimum absolute atomic E-state index is 0.0382. The van der Waals surface area contributed by atoms with E-state index in [1.807, 2.05) is 4.90 Å². The average Bonchev–Trinajstić information content (AvgIpc) is 3.17. The lowest BCUT2D eigenvalue weighted by atomic mass is 9.87. The van der Waals surface area contributed by atoms with Crippen LogP contribution < -0.4 is 9.47 Å². The van der Waals surface area contributed by atoms with E-state index in [4.69, 9.17) is 0 Å². The number of hydrogen-bond donors (Lipinski definition) is 1. The first-order valence-electron chi connectivity index (χ1n) is 9.23. The highest BCUT2D eigenvalue weighted by molar-refractivity contribution is 5.93. The predicted octanol–water partition coefficient (Wildman–Crippen LogP) is 3.95. The van der Waals surface area contributed by atoms with Crippen LogP contribution in [-0.2, 0) is 17.8 Å². The van der Waals surface area contributed by atoms with E-state index in [0.717, 1.165) is 42.3 Å². The lowest BCUT2D eigenvalue weighted by Gasteiger charge is -2.32. The SMILES string of the molecule is O=C(C1CCCCC1)N1CCc2[nH]c3c4c(ccc3c2C1)OC(F)(F)O4. The largest absolute Gasteiger partial charge is 0.586 e. The summed E-state index contributed by atoms with van der Waals surface area (Å²) >= 11 is 0. The van der Waals surface area contributed by atoms with E-state index in [1.54, 1.807) is 6.07 Å². The molecule has 2 aromatic rings. The molecule has 0 atom stereocenters.